The molecule has 0 unspecified atom stereocenters. The number of hydrogen-bond acceptors (Lipinski definition) is 4. The number of nitrogens with zero attached hydrogens (tertiary/aromatic N) is 2. The summed E-state index contributed by atoms with van der Waals surface area (Å²) in [6.07, 6.45) is 6.13. The third kappa shape index (κ3) is 6.07. The van der Waals surface area contributed by atoms with Crippen molar-refractivity contribution in [3.63, 3.8) is 0 Å². The molecular formula is C26H39N3O. The summed E-state index contributed by atoms with van der Waals surface area (Å²) in [5.74, 6) is 1.50. The molecule has 1 aromatic carbocycles. The maximum absolute atomic E-state index is 6.45. The van der Waals surface area contributed by atoms with Crippen LogP contribution in [0, 0.1) is 27.7 Å². The summed E-state index contributed by atoms with van der Waals surface area (Å²) in [4.78, 5) is 9.63. The van der Waals surface area contributed by atoms with Gasteiger partial charge in [0, 0.05) is 24.0 Å². The maximum atomic E-state index is 6.45. The molecule has 30 heavy (non-hydrogen) atoms. The second-order valence-corrected chi connectivity index (χ2v) is 8.27. The van der Waals surface area contributed by atoms with E-state index in [2.05, 4.69) is 72.0 Å². The van der Waals surface area contributed by atoms with Crippen LogP contribution in [0.2, 0.25) is 0 Å². The molecule has 164 valence electrons. The van der Waals surface area contributed by atoms with Crippen LogP contribution >= 0.6 is 0 Å². The summed E-state index contributed by atoms with van der Waals surface area (Å²) in [5.41, 5.74) is 6.38. The lowest BCUT2D eigenvalue weighted by atomic mass is 10.1. The molecule has 0 aliphatic carbocycles. The van der Waals surface area contributed by atoms with Gasteiger partial charge in [-0.2, -0.15) is 0 Å². The third-order valence-corrected chi connectivity index (χ3v) is 5.66. The predicted octanol–water partition coefficient (Wildman–Crippen LogP) is 7.32. The van der Waals surface area contributed by atoms with Gasteiger partial charge in [-0.3, -0.25) is 4.99 Å². The molecule has 1 heterocycles. The first-order valence-corrected chi connectivity index (χ1v) is 11.4. The standard InChI is InChI=1S/C26H39N3O/c1-9-21(10-2)27-16-23-24(29-22(11-3)12-4)15-20(8)28-26(23)30-25-18(6)13-17(5)14-19(25)7/h13-16,21-22H,9-12H2,1-8H3,(H,28,29). The summed E-state index contributed by atoms with van der Waals surface area (Å²) in [6.45, 7) is 17.1. The van der Waals surface area contributed by atoms with Crippen LogP contribution in [0.1, 0.15) is 81.3 Å². The first-order valence-electron chi connectivity index (χ1n) is 11.4. The molecule has 0 aliphatic rings. The average Bonchev–Trinajstić information content (AvgIpc) is 2.70. The van der Waals surface area contributed by atoms with Crippen molar-refractivity contribution in [2.24, 2.45) is 4.99 Å². The largest absolute Gasteiger partial charge is 0.438 e. The molecule has 0 fully saturated rings. The van der Waals surface area contributed by atoms with Gasteiger partial charge in [0.25, 0.3) is 0 Å². The van der Waals surface area contributed by atoms with Crippen LogP contribution in [0.4, 0.5) is 5.69 Å². The molecule has 4 nitrogen and oxygen atoms in total. The van der Waals surface area contributed by atoms with Crippen LogP contribution in [-0.4, -0.2) is 23.3 Å². The summed E-state index contributed by atoms with van der Waals surface area (Å²) in [5, 5.41) is 3.70. The highest BCUT2D eigenvalue weighted by Gasteiger charge is 2.17. The molecule has 0 spiro atoms. The van der Waals surface area contributed by atoms with Crippen molar-refractivity contribution >= 4 is 11.9 Å². The molecule has 2 rings (SSSR count). The van der Waals surface area contributed by atoms with Crippen molar-refractivity contribution in [3.8, 4) is 11.6 Å². The predicted molar refractivity (Wildman–Crippen MR) is 130 cm³/mol. The van der Waals surface area contributed by atoms with E-state index in [-0.39, 0.29) is 0 Å². The molecule has 1 N–H and O–H groups in total. The van der Waals surface area contributed by atoms with Gasteiger partial charge in [-0.15, -0.1) is 0 Å². The molecule has 0 saturated carbocycles. The van der Waals surface area contributed by atoms with Crippen LogP contribution in [0.25, 0.3) is 0 Å². The van der Waals surface area contributed by atoms with E-state index in [1.807, 2.05) is 13.1 Å². The number of ether oxygens (including phenoxy) is 1. The minimum atomic E-state index is 0.308. The van der Waals surface area contributed by atoms with Crippen LogP contribution in [0.3, 0.4) is 0 Å². The maximum Gasteiger partial charge on any atom is 0.230 e. The topological polar surface area (TPSA) is 46.5 Å². The first-order chi connectivity index (χ1) is 14.3. The van der Waals surface area contributed by atoms with Gasteiger partial charge in [0.15, 0.2) is 0 Å². The van der Waals surface area contributed by atoms with E-state index >= 15 is 0 Å². The molecule has 0 bridgehead atoms. The zero-order valence-electron chi connectivity index (χ0n) is 20.1. The van der Waals surface area contributed by atoms with Crippen LogP contribution in [0.5, 0.6) is 11.6 Å². The Bertz CT molecular complexity index is 842. The second-order valence-electron chi connectivity index (χ2n) is 8.27. The van der Waals surface area contributed by atoms with Gasteiger partial charge in [0.05, 0.1) is 11.3 Å². The van der Waals surface area contributed by atoms with Gasteiger partial charge >= 0.3 is 0 Å². The van der Waals surface area contributed by atoms with Crippen molar-refractivity contribution < 1.29 is 4.74 Å². The van der Waals surface area contributed by atoms with Gasteiger partial charge in [0.1, 0.15) is 5.75 Å². The molecule has 1 aromatic heterocycles. The number of rotatable bonds is 10. The van der Waals surface area contributed by atoms with Crippen molar-refractivity contribution in [1.29, 1.82) is 0 Å². The Morgan fingerprint density at radius 3 is 2.07 bits per heavy atom. The number of aliphatic imine (C=N–C) groups is 1. The van der Waals surface area contributed by atoms with Crippen molar-refractivity contribution in [1.82, 2.24) is 4.98 Å². The molecule has 0 atom stereocenters. The van der Waals surface area contributed by atoms with Crippen molar-refractivity contribution in [2.75, 3.05) is 5.32 Å². The Morgan fingerprint density at radius 2 is 1.53 bits per heavy atom. The molecule has 0 radical (unpaired) electrons. The number of benzene rings is 1. The monoisotopic (exact) mass is 409 g/mol. The summed E-state index contributed by atoms with van der Waals surface area (Å²) in [6, 6.07) is 7.12. The molecule has 0 aliphatic heterocycles. The van der Waals surface area contributed by atoms with Gasteiger partial charge in [-0.05, 0) is 70.6 Å². The molecule has 0 amide bonds. The smallest absolute Gasteiger partial charge is 0.230 e. The number of anilines is 1. The zero-order chi connectivity index (χ0) is 22.3. The van der Waals surface area contributed by atoms with Gasteiger partial charge in [-0.25, -0.2) is 4.98 Å². The normalized spacial score (nSPS) is 11.7. The quantitative estimate of drug-likeness (QED) is 0.418. The highest BCUT2D eigenvalue weighted by molar-refractivity contribution is 5.91. The Labute approximate surface area is 183 Å². The average molecular weight is 410 g/mol. The zero-order valence-corrected chi connectivity index (χ0v) is 20.1. The number of hydrogen-bond donors (Lipinski definition) is 1. The Kier molecular flexibility index (Phi) is 8.88. The van der Waals surface area contributed by atoms with E-state index in [4.69, 9.17) is 14.7 Å². The van der Waals surface area contributed by atoms with E-state index in [9.17, 15) is 0 Å². The minimum Gasteiger partial charge on any atom is -0.438 e. The summed E-state index contributed by atoms with van der Waals surface area (Å²) in [7, 11) is 0. The second kappa shape index (κ2) is 11.1. The number of aryl methyl sites for hydroxylation is 4. The highest BCUT2D eigenvalue weighted by atomic mass is 16.5. The molecular weight excluding hydrogens is 370 g/mol. The van der Waals surface area contributed by atoms with E-state index in [0.717, 1.165) is 59.5 Å². The molecule has 4 heteroatoms. The van der Waals surface area contributed by atoms with Crippen LogP contribution in [-0.2, 0) is 0 Å². The number of pyridine rings is 1. The first kappa shape index (κ1) is 23.9. The summed E-state index contributed by atoms with van der Waals surface area (Å²) < 4.78 is 6.45. The Morgan fingerprint density at radius 1 is 0.933 bits per heavy atom. The minimum absolute atomic E-state index is 0.308. The van der Waals surface area contributed by atoms with Crippen LogP contribution < -0.4 is 10.1 Å². The summed E-state index contributed by atoms with van der Waals surface area (Å²) >= 11 is 0. The van der Waals surface area contributed by atoms with Crippen molar-refractivity contribution in [3.05, 3.63) is 46.1 Å². The highest BCUT2D eigenvalue weighted by Crippen LogP contribution is 2.33. The van der Waals surface area contributed by atoms with Gasteiger partial charge in [-0.1, -0.05) is 45.4 Å². The Balaban J connectivity index is 2.58. The SMILES string of the molecule is CCC(CC)N=Cc1c(NC(CC)CC)cc(C)nc1Oc1c(C)cc(C)cc1C. The number of aromatic nitrogens is 1. The molecule has 2 aromatic rings. The van der Waals surface area contributed by atoms with E-state index in [0.29, 0.717) is 18.0 Å². The fraction of sp³-hybridized carbons (Fsp3) is 0.538. The van der Waals surface area contributed by atoms with E-state index < -0.39 is 0 Å². The van der Waals surface area contributed by atoms with E-state index in [1.54, 1.807) is 0 Å². The van der Waals surface area contributed by atoms with Gasteiger partial charge < -0.3 is 10.1 Å². The lowest BCUT2D eigenvalue weighted by Gasteiger charge is -2.21. The fourth-order valence-electron chi connectivity index (χ4n) is 3.79. The lowest BCUT2D eigenvalue weighted by molar-refractivity contribution is 0.454. The fourth-order valence-corrected chi connectivity index (χ4v) is 3.79. The number of nitrogens with one attached hydrogen (secondary N) is 1. The van der Waals surface area contributed by atoms with E-state index in [1.165, 1.54) is 5.56 Å². The lowest BCUT2D eigenvalue weighted by Crippen LogP contribution is -2.19. The Hall–Kier alpha value is -2.36. The molecule has 0 saturated heterocycles. The van der Waals surface area contributed by atoms with Crippen LogP contribution in [0.15, 0.2) is 23.2 Å². The van der Waals surface area contributed by atoms with Crippen molar-refractivity contribution in [2.45, 2.75) is 93.2 Å². The third-order valence-electron chi connectivity index (χ3n) is 5.66. The van der Waals surface area contributed by atoms with Gasteiger partial charge in [0.2, 0.25) is 5.88 Å².